The third kappa shape index (κ3) is 6.83. The number of thioether (sulfide) groups is 1. The van der Waals surface area contributed by atoms with E-state index in [0.717, 1.165) is 4.47 Å². The summed E-state index contributed by atoms with van der Waals surface area (Å²) in [6, 6.07) is 11.4. The van der Waals surface area contributed by atoms with Crippen molar-refractivity contribution < 1.29 is 9.59 Å². The monoisotopic (exact) mass is 567 g/mol. The fourth-order valence-corrected chi connectivity index (χ4v) is 4.18. The SMILES string of the molecule is C=CCn1c(SCC(=O)Nc2ccc(Br)c(Cl)c2)nnc1[C@H](C)NC(=O)c1ccc(Cl)cc1. The highest BCUT2D eigenvalue weighted by Crippen LogP contribution is 2.26. The summed E-state index contributed by atoms with van der Waals surface area (Å²) in [6.07, 6.45) is 1.70. The van der Waals surface area contributed by atoms with Crippen molar-refractivity contribution in [3.8, 4) is 0 Å². The van der Waals surface area contributed by atoms with Gasteiger partial charge in [-0.2, -0.15) is 0 Å². The average molecular weight is 569 g/mol. The quantitative estimate of drug-likeness (QED) is 0.253. The van der Waals surface area contributed by atoms with E-state index in [0.29, 0.717) is 38.8 Å². The van der Waals surface area contributed by atoms with Crippen molar-refractivity contribution in [3.63, 3.8) is 0 Å². The molecule has 1 aromatic heterocycles. The maximum atomic E-state index is 12.5. The molecular weight excluding hydrogens is 549 g/mol. The zero-order valence-electron chi connectivity index (χ0n) is 17.5. The number of hydrogen-bond acceptors (Lipinski definition) is 5. The molecule has 11 heteroatoms. The van der Waals surface area contributed by atoms with E-state index in [1.165, 1.54) is 11.8 Å². The Hall–Kier alpha value is -2.33. The van der Waals surface area contributed by atoms with Crippen molar-refractivity contribution in [2.45, 2.75) is 24.7 Å². The number of benzene rings is 2. The summed E-state index contributed by atoms with van der Waals surface area (Å²) in [7, 11) is 0. The molecular formula is C22H20BrCl2N5O2S. The summed E-state index contributed by atoms with van der Waals surface area (Å²) in [4.78, 5) is 24.9. The highest BCUT2D eigenvalue weighted by atomic mass is 79.9. The molecule has 2 N–H and O–H groups in total. The van der Waals surface area contributed by atoms with Crippen LogP contribution in [0.25, 0.3) is 0 Å². The lowest BCUT2D eigenvalue weighted by Crippen LogP contribution is -2.28. The van der Waals surface area contributed by atoms with Crippen LogP contribution in [0.3, 0.4) is 0 Å². The van der Waals surface area contributed by atoms with Gasteiger partial charge in [0, 0.05) is 27.3 Å². The number of amides is 2. The second-order valence-electron chi connectivity index (χ2n) is 6.91. The molecule has 3 aromatic rings. The van der Waals surface area contributed by atoms with Gasteiger partial charge in [0.15, 0.2) is 11.0 Å². The zero-order valence-corrected chi connectivity index (χ0v) is 21.4. The number of carbonyl (C=O) groups is 2. The normalized spacial score (nSPS) is 11.6. The highest BCUT2D eigenvalue weighted by molar-refractivity contribution is 9.10. The third-order valence-electron chi connectivity index (χ3n) is 4.43. The number of hydrogen-bond donors (Lipinski definition) is 2. The van der Waals surface area contributed by atoms with Gasteiger partial charge in [-0.25, -0.2) is 0 Å². The number of nitrogens with one attached hydrogen (secondary N) is 2. The second-order valence-corrected chi connectivity index (χ2v) is 9.55. The fourth-order valence-electron chi connectivity index (χ4n) is 2.87. The van der Waals surface area contributed by atoms with Crippen LogP contribution < -0.4 is 10.6 Å². The van der Waals surface area contributed by atoms with E-state index in [9.17, 15) is 9.59 Å². The van der Waals surface area contributed by atoms with E-state index in [2.05, 4.69) is 43.3 Å². The van der Waals surface area contributed by atoms with Crippen LogP contribution in [0.1, 0.15) is 29.1 Å². The molecule has 33 heavy (non-hydrogen) atoms. The predicted molar refractivity (Wildman–Crippen MR) is 136 cm³/mol. The summed E-state index contributed by atoms with van der Waals surface area (Å²) < 4.78 is 2.56. The molecule has 0 radical (unpaired) electrons. The predicted octanol–water partition coefficient (Wildman–Crippen LogP) is 5.76. The minimum absolute atomic E-state index is 0.120. The van der Waals surface area contributed by atoms with E-state index in [-0.39, 0.29) is 17.6 Å². The molecule has 0 aliphatic rings. The van der Waals surface area contributed by atoms with Crippen LogP contribution in [-0.4, -0.2) is 32.3 Å². The molecule has 0 aliphatic carbocycles. The number of allylic oxidation sites excluding steroid dienone is 1. The Labute approximate surface area is 214 Å². The van der Waals surface area contributed by atoms with Crippen LogP contribution in [0.4, 0.5) is 5.69 Å². The van der Waals surface area contributed by atoms with E-state index >= 15 is 0 Å². The van der Waals surface area contributed by atoms with Gasteiger partial charge >= 0.3 is 0 Å². The van der Waals surface area contributed by atoms with Crippen LogP contribution >= 0.6 is 50.9 Å². The van der Waals surface area contributed by atoms with Crippen LogP contribution in [-0.2, 0) is 11.3 Å². The van der Waals surface area contributed by atoms with Crippen molar-refractivity contribution in [2.75, 3.05) is 11.1 Å². The molecule has 2 amide bonds. The molecule has 0 unspecified atom stereocenters. The minimum atomic E-state index is -0.422. The Morgan fingerprint density at radius 2 is 1.94 bits per heavy atom. The van der Waals surface area contributed by atoms with Gasteiger partial charge in [0.05, 0.1) is 16.8 Å². The first-order valence-electron chi connectivity index (χ1n) is 9.76. The number of nitrogens with zero attached hydrogens (tertiary/aromatic N) is 3. The van der Waals surface area contributed by atoms with Gasteiger partial charge in [-0.05, 0) is 65.3 Å². The Kier molecular flexibility index (Phi) is 8.96. The van der Waals surface area contributed by atoms with Crippen LogP contribution in [0, 0.1) is 0 Å². The van der Waals surface area contributed by atoms with Crippen molar-refractivity contribution in [2.24, 2.45) is 0 Å². The summed E-state index contributed by atoms with van der Waals surface area (Å²) in [5.74, 6) is 0.208. The first-order chi connectivity index (χ1) is 15.8. The van der Waals surface area contributed by atoms with E-state index in [1.54, 1.807) is 48.5 Å². The summed E-state index contributed by atoms with van der Waals surface area (Å²) >= 11 is 16.5. The highest BCUT2D eigenvalue weighted by Gasteiger charge is 2.20. The summed E-state index contributed by atoms with van der Waals surface area (Å²) in [5.41, 5.74) is 1.08. The van der Waals surface area contributed by atoms with Gasteiger partial charge in [-0.1, -0.05) is 41.0 Å². The van der Waals surface area contributed by atoms with Crippen LogP contribution in [0.5, 0.6) is 0 Å². The Bertz CT molecular complexity index is 1170. The number of rotatable bonds is 9. The molecule has 3 rings (SSSR count). The molecule has 2 aromatic carbocycles. The first-order valence-corrected chi connectivity index (χ1v) is 12.3. The van der Waals surface area contributed by atoms with Gasteiger partial charge in [0.1, 0.15) is 0 Å². The number of carbonyl (C=O) groups excluding carboxylic acids is 2. The Morgan fingerprint density at radius 3 is 2.61 bits per heavy atom. The van der Waals surface area contributed by atoms with E-state index in [1.807, 2.05) is 11.5 Å². The lowest BCUT2D eigenvalue weighted by Gasteiger charge is -2.15. The van der Waals surface area contributed by atoms with Crippen LogP contribution in [0.2, 0.25) is 10.0 Å². The Morgan fingerprint density at radius 1 is 1.21 bits per heavy atom. The molecule has 0 saturated carbocycles. The number of aromatic nitrogens is 3. The molecule has 1 heterocycles. The Balaban J connectivity index is 1.65. The van der Waals surface area contributed by atoms with Gasteiger partial charge in [-0.3, -0.25) is 9.59 Å². The molecule has 0 aliphatic heterocycles. The maximum Gasteiger partial charge on any atom is 0.251 e. The van der Waals surface area contributed by atoms with Crippen molar-refractivity contribution >= 4 is 68.4 Å². The first kappa shape index (κ1) is 25.3. The van der Waals surface area contributed by atoms with Gasteiger partial charge < -0.3 is 15.2 Å². The van der Waals surface area contributed by atoms with Gasteiger partial charge in [-0.15, -0.1) is 16.8 Å². The molecule has 1 atom stereocenters. The zero-order chi connectivity index (χ0) is 24.0. The molecule has 7 nitrogen and oxygen atoms in total. The molecule has 0 bridgehead atoms. The fraction of sp³-hybridized carbons (Fsp3) is 0.182. The lowest BCUT2D eigenvalue weighted by molar-refractivity contribution is -0.113. The van der Waals surface area contributed by atoms with E-state index in [4.69, 9.17) is 23.2 Å². The molecule has 0 fully saturated rings. The van der Waals surface area contributed by atoms with Crippen molar-refractivity contribution in [1.82, 2.24) is 20.1 Å². The topological polar surface area (TPSA) is 88.9 Å². The lowest BCUT2D eigenvalue weighted by atomic mass is 10.2. The summed E-state index contributed by atoms with van der Waals surface area (Å²) in [5, 5.41) is 15.7. The molecule has 172 valence electrons. The standard InChI is InChI=1S/C22H20BrCl2N5O2S/c1-3-10-30-20(13(2)26-21(32)14-4-6-15(24)7-5-14)28-29-22(30)33-12-19(31)27-16-8-9-17(23)18(25)11-16/h3-9,11,13H,1,10,12H2,2H3,(H,26,32)(H,27,31)/t13-/m0/s1. The van der Waals surface area contributed by atoms with Crippen LogP contribution in [0.15, 0.2) is 64.7 Å². The van der Waals surface area contributed by atoms with E-state index < -0.39 is 6.04 Å². The average Bonchev–Trinajstić information content (AvgIpc) is 3.18. The smallest absolute Gasteiger partial charge is 0.251 e. The largest absolute Gasteiger partial charge is 0.342 e. The second kappa shape index (κ2) is 11.7. The van der Waals surface area contributed by atoms with Crippen molar-refractivity contribution in [3.05, 3.63) is 81.0 Å². The van der Waals surface area contributed by atoms with Gasteiger partial charge in [0.2, 0.25) is 5.91 Å². The molecule has 0 spiro atoms. The van der Waals surface area contributed by atoms with Crippen molar-refractivity contribution in [1.29, 1.82) is 0 Å². The number of halogens is 3. The minimum Gasteiger partial charge on any atom is -0.342 e. The maximum absolute atomic E-state index is 12.5. The summed E-state index contributed by atoms with van der Waals surface area (Å²) in [6.45, 7) is 6.02. The van der Waals surface area contributed by atoms with Gasteiger partial charge in [0.25, 0.3) is 5.91 Å². The third-order valence-corrected chi connectivity index (χ3v) is 6.89. The molecule has 0 saturated heterocycles. The number of anilines is 1.